The van der Waals surface area contributed by atoms with Crippen LogP contribution in [-0.4, -0.2) is 18.6 Å². The third kappa shape index (κ3) is 1.72. The van der Waals surface area contributed by atoms with Crippen LogP contribution >= 0.6 is 11.3 Å². The van der Waals surface area contributed by atoms with E-state index in [1.165, 1.54) is 11.3 Å². The van der Waals surface area contributed by atoms with Gasteiger partial charge in [0.15, 0.2) is 12.1 Å². The highest BCUT2D eigenvalue weighted by Crippen LogP contribution is 2.12. The van der Waals surface area contributed by atoms with Crippen molar-refractivity contribution in [2.75, 3.05) is 6.54 Å². The fourth-order valence-electron chi connectivity index (χ4n) is 0.660. The first kappa shape index (κ1) is 8.10. The summed E-state index contributed by atoms with van der Waals surface area (Å²) in [5, 5.41) is 1.63. The zero-order valence-electron chi connectivity index (χ0n) is 5.74. The zero-order valence-corrected chi connectivity index (χ0v) is 6.56. The molecule has 0 atom stereocenters. The molecule has 58 valence electrons. The maximum atomic E-state index is 10.9. The van der Waals surface area contributed by atoms with Crippen LogP contribution < -0.4 is 5.73 Å². The molecule has 1 heterocycles. The number of carbonyl (C=O) groups is 2. The Kier molecular flexibility index (Phi) is 2.51. The Labute approximate surface area is 67.8 Å². The number of hydrogen-bond donors (Lipinski definition) is 1. The minimum atomic E-state index is -0.122. The smallest absolute Gasteiger partial charge is 0.186 e. The molecular weight excluding hydrogens is 162 g/mol. The molecule has 4 heteroatoms. The van der Waals surface area contributed by atoms with E-state index >= 15 is 0 Å². The summed E-state index contributed by atoms with van der Waals surface area (Å²) in [6.07, 6.45) is 0.712. The topological polar surface area (TPSA) is 60.2 Å². The van der Waals surface area contributed by atoms with E-state index in [0.29, 0.717) is 16.7 Å². The highest BCUT2D eigenvalue weighted by molar-refractivity contribution is 7.12. The molecule has 0 aliphatic carbocycles. The second-order valence-electron chi connectivity index (χ2n) is 1.99. The Morgan fingerprint density at radius 3 is 2.91 bits per heavy atom. The minimum Gasteiger partial charge on any atom is -0.324 e. The molecular formula is C7H7NO2S. The van der Waals surface area contributed by atoms with Crippen molar-refractivity contribution < 1.29 is 9.59 Å². The van der Waals surface area contributed by atoms with Crippen molar-refractivity contribution >= 4 is 23.4 Å². The average molecular weight is 169 g/mol. The van der Waals surface area contributed by atoms with Gasteiger partial charge in [0.05, 0.1) is 11.4 Å². The van der Waals surface area contributed by atoms with Gasteiger partial charge in [-0.3, -0.25) is 9.59 Å². The molecule has 1 aromatic rings. The van der Waals surface area contributed by atoms with Crippen molar-refractivity contribution in [3.05, 3.63) is 21.9 Å². The van der Waals surface area contributed by atoms with Gasteiger partial charge in [-0.25, -0.2) is 0 Å². The number of aldehydes is 1. The van der Waals surface area contributed by atoms with E-state index in [0.717, 1.165) is 0 Å². The molecule has 0 unspecified atom stereocenters. The average Bonchev–Trinajstić information content (AvgIpc) is 2.50. The molecule has 0 aliphatic heterocycles. The first-order valence-electron chi connectivity index (χ1n) is 3.05. The second kappa shape index (κ2) is 3.41. The standard InChI is InChI=1S/C7H7NO2S/c8-2-6(10)7-1-5(3-9)4-11-7/h1,3-4H,2,8H2. The number of carbonyl (C=O) groups excluding carboxylic acids is 2. The molecule has 2 N–H and O–H groups in total. The fourth-order valence-corrected chi connectivity index (χ4v) is 1.47. The number of ketones is 1. The largest absolute Gasteiger partial charge is 0.324 e. The lowest BCUT2D eigenvalue weighted by Crippen LogP contribution is -2.11. The van der Waals surface area contributed by atoms with E-state index in [2.05, 4.69) is 0 Å². The molecule has 0 aromatic carbocycles. The molecule has 11 heavy (non-hydrogen) atoms. The Hall–Kier alpha value is -1.00. The van der Waals surface area contributed by atoms with E-state index < -0.39 is 0 Å². The van der Waals surface area contributed by atoms with Crippen molar-refractivity contribution in [2.24, 2.45) is 5.73 Å². The Morgan fingerprint density at radius 1 is 1.73 bits per heavy atom. The molecule has 0 bridgehead atoms. The number of hydrogen-bond acceptors (Lipinski definition) is 4. The maximum Gasteiger partial charge on any atom is 0.186 e. The van der Waals surface area contributed by atoms with Gasteiger partial charge in [0.25, 0.3) is 0 Å². The van der Waals surface area contributed by atoms with Crippen LogP contribution in [0.15, 0.2) is 11.4 Å². The van der Waals surface area contributed by atoms with Crippen molar-refractivity contribution in [3.63, 3.8) is 0 Å². The SMILES string of the molecule is NCC(=O)c1cc(C=O)cs1. The van der Waals surface area contributed by atoms with Gasteiger partial charge in [0, 0.05) is 10.9 Å². The zero-order chi connectivity index (χ0) is 8.27. The van der Waals surface area contributed by atoms with Crippen molar-refractivity contribution in [3.8, 4) is 0 Å². The molecule has 0 spiro atoms. The fraction of sp³-hybridized carbons (Fsp3) is 0.143. The lowest BCUT2D eigenvalue weighted by Gasteiger charge is -1.87. The molecule has 0 fully saturated rings. The van der Waals surface area contributed by atoms with Gasteiger partial charge in [0.2, 0.25) is 0 Å². The predicted octanol–water partition coefficient (Wildman–Crippen LogP) is 0.702. The van der Waals surface area contributed by atoms with Gasteiger partial charge in [-0.05, 0) is 6.07 Å². The lowest BCUT2D eigenvalue weighted by atomic mass is 10.3. The van der Waals surface area contributed by atoms with Crippen LogP contribution in [-0.2, 0) is 0 Å². The molecule has 0 amide bonds. The molecule has 3 nitrogen and oxygen atoms in total. The van der Waals surface area contributed by atoms with E-state index in [4.69, 9.17) is 5.73 Å². The molecule has 0 aliphatic rings. The summed E-state index contributed by atoms with van der Waals surface area (Å²) in [5.41, 5.74) is 5.66. The molecule has 0 saturated carbocycles. The maximum absolute atomic E-state index is 10.9. The van der Waals surface area contributed by atoms with Crippen molar-refractivity contribution in [1.29, 1.82) is 0 Å². The summed E-state index contributed by atoms with van der Waals surface area (Å²) >= 11 is 1.25. The lowest BCUT2D eigenvalue weighted by molar-refractivity contribution is 0.100. The molecule has 0 saturated heterocycles. The Bertz CT molecular complexity index is 280. The second-order valence-corrected chi connectivity index (χ2v) is 2.90. The third-order valence-electron chi connectivity index (χ3n) is 1.22. The van der Waals surface area contributed by atoms with E-state index in [-0.39, 0.29) is 12.3 Å². The Morgan fingerprint density at radius 2 is 2.45 bits per heavy atom. The van der Waals surface area contributed by atoms with E-state index in [1.54, 1.807) is 11.4 Å². The Balaban J connectivity index is 2.88. The molecule has 0 radical (unpaired) electrons. The van der Waals surface area contributed by atoms with Crippen LogP contribution in [0.2, 0.25) is 0 Å². The summed E-state index contributed by atoms with van der Waals surface area (Å²) in [4.78, 5) is 21.7. The molecule has 1 aromatic heterocycles. The summed E-state index contributed by atoms with van der Waals surface area (Å²) in [7, 11) is 0. The van der Waals surface area contributed by atoms with Crippen LogP contribution in [0.1, 0.15) is 20.0 Å². The summed E-state index contributed by atoms with van der Waals surface area (Å²) in [6.45, 7) is -0.00118. The van der Waals surface area contributed by atoms with Crippen LogP contribution in [0.4, 0.5) is 0 Å². The van der Waals surface area contributed by atoms with Crippen LogP contribution in [0.5, 0.6) is 0 Å². The van der Waals surface area contributed by atoms with E-state index in [1.807, 2.05) is 0 Å². The highest BCUT2D eigenvalue weighted by Gasteiger charge is 2.05. The molecule has 1 rings (SSSR count). The first-order valence-corrected chi connectivity index (χ1v) is 3.93. The number of Topliss-reactive ketones (excluding diaryl/α,β-unsaturated/α-hetero) is 1. The number of rotatable bonds is 3. The van der Waals surface area contributed by atoms with Crippen molar-refractivity contribution in [1.82, 2.24) is 0 Å². The minimum absolute atomic E-state index is 0.00118. The quantitative estimate of drug-likeness (QED) is 0.535. The summed E-state index contributed by atoms with van der Waals surface area (Å²) < 4.78 is 0. The predicted molar refractivity (Wildman–Crippen MR) is 43.1 cm³/mol. The normalized spacial score (nSPS) is 9.55. The van der Waals surface area contributed by atoms with E-state index in [9.17, 15) is 9.59 Å². The van der Waals surface area contributed by atoms with Crippen molar-refractivity contribution in [2.45, 2.75) is 0 Å². The third-order valence-corrected chi connectivity index (χ3v) is 2.21. The highest BCUT2D eigenvalue weighted by atomic mass is 32.1. The monoisotopic (exact) mass is 169 g/mol. The summed E-state index contributed by atoms with van der Waals surface area (Å²) in [6, 6.07) is 1.55. The number of nitrogens with two attached hydrogens (primary N) is 1. The van der Waals surface area contributed by atoms with Crippen LogP contribution in [0, 0.1) is 0 Å². The van der Waals surface area contributed by atoms with Gasteiger partial charge in [0.1, 0.15) is 0 Å². The van der Waals surface area contributed by atoms with Gasteiger partial charge >= 0.3 is 0 Å². The van der Waals surface area contributed by atoms with Crippen LogP contribution in [0.25, 0.3) is 0 Å². The van der Waals surface area contributed by atoms with Gasteiger partial charge in [-0.15, -0.1) is 11.3 Å². The van der Waals surface area contributed by atoms with Gasteiger partial charge in [-0.1, -0.05) is 0 Å². The van der Waals surface area contributed by atoms with Gasteiger partial charge in [-0.2, -0.15) is 0 Å². The van der Waals surface area contributed by atoms with Gasteiger partial charge < -0.3 is 5.73 Å². The number of thiophene rings is 1. The summed E-state index contributed by atoms with van der Waals surface area (Å²) in [5.74, 6) is -0.122. The first-order chi connectivity index (χ1) is 5.27. The van der Waals surface area contributed by atoms with Crippen LogP contribution in [0.3, 0.4) is 0 Å².